The molecule has 3 rings (SSSR count). The number of hydrogen-bond donors (Lipinski definition) is 1. The minimum Gasteiger partial charge on any atom is -0.261 e. The molecule has 0 aliphatic carbocycles. The predicted octanol–water partition coefficient (Wildman–Crippen LogP) is 3.39. The van der Waals surface area contributed by atoms with E-state index in [4.69, 9.17) is 0 Å². The van der Waals surface area contributed by atoms with Gasteiger partial charge in [-0.15, -0.1) is 0 Å². The van der Waals surface area contributed by atoms with Gasteiger partial charge < -0.3 is 0 Å². The molecule has 4 nitrogen and oxygen atoms in total. The van der Waals surface area contributed by atoms with Crippen molar-refractivity contribution in [1.82, 2.24) is 9.71 Å². The first kappa shape index (κ1) is 17.3. The average Bonchev–Trinajstić information content (AvgIpc) is 2.67. The third-order valence-electron chi connectivity index (χ3n) is 4.03. The molecular weight excluding hydrogens is 332 g/mol. The third-order valence-corrected chi connectivity index (χ3v) is 5.47. The Morgan fingerprint density at radius 3 is 2.12 bits per heavy atom. The fourth-order valence-electron chi connectivity index (χ4n) is 2.70. The second-order valence-electron chi connectivity index (χ2n) is 5.80. The molecule has 0 aliphatic rings. The van der Waals surface area contributed by atoms with E-state index in [0.29, 0.717) is 13.0 Å². The number of nitrogens with one attached hydrogen (secondary N) is 1. The summed E-state index contributed by atoms with van der Waals surface area (Å²) in [6.45, 7) is 0.317. The minimum absolute atomic E-state index is 0.00888. The molecule has 0 fully saturated rings. The summed E-state index contributed by atoms with van der Waals surface area (Å²) in [5.74, 6) is 0.00888. The SMILES string of the molecule is O=S(=O)(NCC(Cc1ccccn1)c1ccccc1)c1ccccc1. The molecule has 5 heteroatoms. The Labute approximate surface area is 148 Å². The lowest BCUT2D eigenvalue weighted by atomic mass is 9.94. The summed E-state index contributed by atoms with van der Waals surface area (Å²) in [6, 6.07) is 24.1. The van der Waals surface area contributed by atoms with Crippen molar-refractivity contribution < 1.29 is 8.42 Å². The van der Waals surface area contributed by atoms with Gasteiger partial charge in [-0.2, -0.15) is 0 Å². The largest absolute Gasteiger partial charge is 0.261 e. The van der Waals surface area contributed by atoms with Crippen molar-refractivity contribution in [1.29, 1.82) is 0 Å². The Balaban J connectivity index is 1.78. The van der Waals surface area contributed by atoms with Gasteiger partial charge in [0.1, 0.15) is 0 Å². The van der Waals surface area contributed by atoms with Crippen LogP contribution in [0.1, 0.15) is 17.2 Å². The van der Waals surface area contributed by atoms with Gasteiger partial charge in [0, 0.05) is 24.4 Å². The molecule has 1 unspecified atom stereocenters. The van der Waals surface area contributed by atoms with Crippen LogP contribution in [0.15, 0.2) is 90.0 Å². The molecule has 0 bridgehead atoms. The van der Waals surface area contributed by atoms with Crippen molar-refractivity contribution in [2.24, 2.45) is 0 Å². The van der Waals surface area contributed by atoms with Crippen LogP contribution in [0.3, 0.4) is 0 Å². The van der Waals surface area contributed by atoms with Gasteiger partial charge in [-0.3, -0.25) is 4.98 Å². The van der Waals surface area contributed by atoms with Gasteiger partial charge in [-0.05, 0) is 36.2 Å². The number of aromatic nitrogens is 1. The second kappa shape index (κ2) is 8.05. The van der Waals surface area contributed by atoms with Crippen molar-refractivity contribution in [3.05, 3.63) is 96.3 Å². The summed E-state index contributed by atoms with van der Waals surface area (Å²) < 4.78 is 27.7. The fourth-order valence-corrected chi connectivity index (χ4v) is 3.80. The summed E-state index contributed by atoms with van der Waals surface area (Å²) in [7, 11) is -3.53. The molecule has 25 heavy (non-hydrogen) atoms. The second-order valence-corrected chi connectivity index (χ2v) is 7.56. The van der Waals surface area contributed by atoms with Crippen LogP contribution in [0.5, 0.6) is 0 Å². The quantitative estimate of drug-likeness (QED) is 0.709. The number of sulfonamides is 1. The molecule has 128 valence electrons. The normalized spacial score (nSPS) is 12.6. The van der Waals surface area contributed by atoms with Crippen LogP contribution >= 0.6 is 0 Å². The van der Waals surface area contributed by atoms with Crippen LogP contribution in [0, 0.1) is 0 Å². The molecule has 1 heterocycles. The van der Waals surface area contributed by atoms with Crippen molar-refractivity contribution in [3.63, 3.8) is 0 Å². The van der Waals surface area contributed by atoms with Gasteiger partial charge in [-0.1, -0.05) is 54.6 Å². The lowest BCUT2D eigenvalue weighted by Gasteiger charge is -2.18. The first-order chi connectivity index (χ1) is 12.1. The van der Waals surface area contributed by atoms with Gasteiger partial charge in [-0.25, -0.2) is 13.1 Å². The summed E-state index contributed by atoms with van der Waals surface area (Å²) in [5.41, 5.74) is 2.03. The van der Waals surface area contributed by atoms with E-state index < -0.39 is 10.0 Å². The van der Waals surface area contributed by atoms with Crippen molar-refractivity contribution in [2.45, 2.75) is 17.2 Å². The molecule has 3 aromatic rings. The van der Waals surface area contributed by atoms with Crippen LogP contribution in [0.2, 0.25) is 0 Å². The van der Waals surface area contributed by atoms with E-state index in [1.165, 1.54) is 0 Å². The van der Waals surface area contributed by atoms with Crippen molar-refractivity contribution >= 4 is 10.0 Å². The monoisotopic (exact) mass is 352 g/mol. The summed E-state index contributed by atoms with van der Waals surface area (Å²) in [4.78, 5) is 4.65. The zero-order valence-corrected chi connectivity index (χ0v) is 14.6. The maximum atomic E-state index is 12.5. The topological polar surface area (TPSA) is 59.1 Å². The van der Waals surface area contributed by atoms with Gasteiger partial charge in [0.25, 0.3) is 0 Å². The summed E-state index contributed by atoms with van der Waals surface area (Å²) in [6.07, 6.45) is 2.42. The molecule has 1 N–H and O–H groups in total. The number of hydrogen-bond acceptors (Lipinski definition) is 3. The smallest absolute Gasteiger partial charge is 0.240 e. The van der Waals surface area contributed by atoms with Crippen LogP contribution in [-0.2, 0) is 16.4 Å². The molecule has 1 atom stereocenters. The number of benzene rings is 2. The fraction of sp³-hybridized carbons (Fsp3) is 0.150. The first-order valence-corrected chi connectivity index (χ1v) is 9.63. The lowest BCUT2D eigenvalue weighted by Crippen LogP contribution is -2.29. The van der Waals surface area contributed by atoms with Crippen molar-refractivity contribution in [2.75, 3.05) is 6.54 Å². The van der Waals surface area contributed by atoms with E-state index in [-0.39, 0.29) is 10.8 Å². The Morgan fingerprint density at radius 2 is 1.48 bits per heavy atom. The highest BCUT2D eigenvalue weighted by Gasteiger charge is 2.18. The van der Waals surface area contributed by atoms with E-state index in [9.17, 15) is 8.42 Å². The summed E-state index contributed by atoms with van der Waals surface area (Å²) >= 11 is 0. The average molecular weight is 352 g/mol. The molecule has 2 aromatic carbocycles. The number of rotatable bonds is 7. The van der Waals surface area contributed by atoms with Crippen LogP contribution in [-0.4, -0.2) is 19.9 Å². The van der Waals surface area contributed by atoms with Gasteiger partial charge in [0.05, 0.1) is 4.90 Å². The number of pyridine rings is 1. The molecule has 1 aromatic heterocycles. The molecule has 0 amide bonds. The first-order valence-electron chi connectivity index (χ1n) is 8.15. The molecule has 0 saturated heterocycles. The van der Waals surface area contributed by atoms with Crippen LogP contribution in [0.25, 0.3) is 0 Å². The molecule has 0 aliphatic heterocycles. The standard InChI is InChI=1S/C20H20N2O2S/c23-25(24,20-12-5-2-6-13-20)22-16-18(17-9-3-1-4-10-17)15-19-11-7-8-14-21-19/h1-14,18,22H,15-16H2. The molecular formula is C20H20N2O2S. The van der Waals surface area contributed by atoms with E-state index >= 15 is 0 Å². The van der Waals surface area contributed by atoms with Crippen LogP contribution < -0.4 is 4.72 Å². The molecule has 0 saturated carbocycles. The van der Waals surface area contributed by atoms with E-state index in [1.807, 2.05) is 48.5 Å². The van der Waals surface area contributed by atoms with E-state index in [1.54, 1.807) is 36.5 Å². The summed E-state index contributed by atoms with van der Waals surface area (Å²) in [5, 5.41) is 0. The van der Waals surface area contributed by atoms with E-state index in [0.717, 1.165) is 11.3 Å². The van der Waals surface area contributed by atoms with Crippen LogP contribution in [0.4, 0.5) is 0 Å². The maximum Gasteiger partial charge on any atom is 0.240 e. The highest BCUT2D eigenvalue weighted by atomic mass is 32.2. The Hall–Kier alpha value is -2.50. The lowest BCUT2D eigenvalue weighted by molar-refractivity contribution is 0.567. The third kappa shape index (κ3) is 4.75. The Morgan fingerprint density at radius 1 is 0.840 bits per heavy atom. The molecule has 0 spiro atoms. The van der Waals surface area contributed by atoms with Crippen molar-refractivity contribution in [3.8, 4) is 0 Å². The highest BCUT2D eigenvalue weighted by Crippen LogP contribution is 2.20. The van der Waals surface area contributed by atoms with Gasteiger partial charge in [0.2, 0.25) is 10.0 Å². The van der Waals surface area contributed by atoms with Gasteiger partial charge in [0.15, 0.2) is 0 Å². The van der Waals surface area contributed by atoms with E-state index in [2.05, 4.69) is 9.71 Å². The maximum absolute atomic E-state index is 12.5. The predicted molar refractivity (Wildman–Crippen MR) is 98.8 cm³/mol. The highest BCUT2D eigenvalue weighted by molar-refractivity contribution is 7.89. The minimum atomic E-state index is -3.53. The number of nitrogens with zero attached hydrogens (tertiary/aromatic N) is 1. The Kier molecular flexibility index (Phi) is 5.58. The zero-order valence-electron chi connectivity index (χ0n) is 13.7. The Bertz CT molecular complexity index is 883. The zero-order chi connectivity index (χ0) is 17.5. The van der Waals surface area contributed by atoms with Gasteiger partial charge >= 0.3 is 0 Å². The molecule has 0 radical (unpaired) electrons.